The molecule has 0 saturated heterocycles. The largest absolute Gasteiger partial charge is 0.465 e. The van der Waals surface area contributed by atoms with Gasteiger partial charge in [-0.25, -0.2) is 4.79 Å². The van der Waals surface area contributed by atoms with Gasteiger partial charge < -0.3 is 9.47 Å². The first-order valence-corrected chi connectivity index (χ1v) is 12.0. The summed E-state index contributed by atoms with van der Waals surface area (Å²) in [6.07, 6.45) is 0. The number of carbonyl (C=O) groups is 1. The molecule has 5 rings (SSSR count). The number of benzene rings is 3. The van der Waals surface area contributed by atoms with Gasteiger partial charge in [0.25, 0.3) is 6.01 Å². The van der Waals surface area contributed by atoms with Gasteiger partial charge >= 0.3 is 17.2 Å². The predicted molar refractivity (Wildman–Crippen MR) is 132 cm³/mol. The average molecular weight is 491 g/mol. The Balaban J connectivity index is 1.51. The second-order valence-corrected chi connectivity index (χ2v) is 8.49. The second-order valence-electron chi connectivity index (χ2n) is 7.67. The van der Waals surface area contributed by atoms with Crippen LogP contribution in [-0.4, -0.2) is 39.3 Å². The molecule has 1 aromatic heterocycles. The molecule has 0 aliphatic carbocycles. The van der Waals surface area contributed by atoms with Crippen LogP contribution in [0.25, 0.3) is 22.2 Å². The summed E-state index contributed by atoms with van der Waals surface area (Å²) in [4.78, 5) is 17.0. The maximum absolute atomic E-state index is 12.4. The van der Waals surface area contributed by atoms with Crippen LogP contribution in [0.15, 0.2) is 71.9 Å². The van der Waals surface area contributed by atoms with Gasteiger partial charge in [0.1, 0.15) is 0 Å². The van der Waals surface area contributed by atoms with E-state index in [1.54, 1.807) is 12.1 Å². The number of aromatic nitrogens is 2. The number of fused-ring (bicyclic) bond motifs is 1. The summed E-state index contributed by atoms with van der Waals surface area (Å²) in [5.74, 6) is -0.00955. The summed E-state index contributed by atoms with van der Waals surface area (Å²) in [5.41, 5.74) is 5.41. The van der Waals surface area contributed by atoms with Crippen LogP contribution in [-0.2, 0) is 26.8 Å². The summed E-state index contributed by atoms with van der Waals surface area (Å²) in [6.45, 7) is 2.78. The normalized spacial score (nSPS) is 14.8. The fourth-order valence-electron chi connectivity index (χ4n) is 4.03. The van der Waals surface area contributed by atoms with Crippen LogP contribution in [0.5, 0.6) is 6.01 Å². The van der Waals surface area contributed by atoms with Gasteiger partial charge in [0.15, 0.2) is 5.84 Å². The first kappa shape index (κ1) is 22.6. The summed E-state index contributed by atoms with van der Waals surface area (Å²) in [5, 5.41) is 3.87. The van der Waals surface area contributed by atoms with E-state index in [9.17, 15) is 9.00 Å². The SMILES string of the molecule is CCOc1nc2cccc(C(=O)OC)c2n1Cc1ccc(-c2ccccc2C2=NOS(=O)N2)cc1. The summed E-state index contributed by atoms with van der Waals surface area (Å²) in [6, 6.07) is 21.5. The van der Waals surface area contributed by atoms with Crippen LogP contribution in [0.3, 0.4) is 0 Å². The number of nitrogens with one attached hydrogen (secondary N) is 1. The molecule has 178 valence electrons. The zero-order valence-electron chi connectivity index (χ0n) is 19.1. The third-order valence-corrected chi connectivity index (χ3v) is 6.14. The van der Waals surface area contributed by atoms with Crippen molar-refractivity contribution in [3.05, 3.63) is 83.4 Å². The first-order valence-electron chi connectivity index (χ1n) is 10.9. The van der Waals surface area contributed by atoms with E-state index in [-0.39, 0.29) is 0 Å². The summed E-state index contributed by atoms with van der Waals surface area (Å²) >= 11 is -1.67. The fraction of sp³-hybridized carbons (Fsp3) is 0.160. The van der Waals surface area contributed by atoms with E-state index >= 15 is 0 Å². The van der Waals surface area contributed by atoms with Gasteiger partial charge in [0.2, 0.25) is 0 Å². The lowest BCUT2D eigenvalue weighted by atomic mass is 9.98. The molecule has 1 aliphatic rings. The van der Waals surface area contributed by atoms with Gasteiger partial charge in [-0.15, -0.1) is 0 Å². The standard InChI is InChI=1S/C25H22N4O5S/c1-3-33-25-26-21-10-6-9-20(24(30)32-2)22(21)29(25)15-16-11-13-17(14-12-16)18-7-4-5-8-19(18)23-27-34-35(31)28-23/h4-14H,3,15H2,1-2H3,(H,27,28). The quantitative estimate of drug-likeness (QED) is 0.395. The van der Waals surface area contributed by atoms with Crippen molar-refractivity contribution in [3.8, 4) is 17.1 Å². The topological polar surface area (TPSA) is 104 Å². The Kier molecular flexibility index (Phi) is 6.19. The Morgan fingerprint density at radius 2 is 1.83 bits per heavy atom. The van der Waals surface area contributed by atoms with Crippen LogP contribution in [0.4, 0.5) is 0 Å². The molecule has 1 N–H and O–H groups in total. The van der Waals surface area contributed by atoms with E-state index in [2.05, 4.69) is 14.9 Å². The van der Waals surface area contributed by atoms with Crippen molar-refractivity contribution < 1.29 is 22.8 Å². The lowest BCUT2D eigenvalue weighted by Gasteiger charge is -2.12. The Morgan fingerprint density at radius 1 is 1.06 bits per heavy atom. The predicted octanol–water partition coefficient (Wildman–Crippen LogP) is 3.80. The Labute approximate surface area is 204 Å². The first-order chi connectivity index (χ1) is 17.1. The van der Waals surface area contributed by atoms with Gasteiger partial charge in [-0.3, -0.25) is 13.6 Å². The molecule has 2 heterocycles. The smallest absolute Gasteiger partial charge is 0.340 e. The van der Waals surface area contributed by atoms with Crippen LogP contribution < -0.4 is 9.46 Å². The molecule has 9 nitrogen and oxygen atoms in total. The molecule has 0 amide bonds. The van der Waals surface area contributed by atoms with E-state index in [0.29, 0.717) is 41.6 Å². The maximum Gasteiger partial charge on any atom is 0.340 e. The minimum Gasteiger partial charge on any atom is -0.465 e. The number of oxime groups is 1. The molecule has 0 spiro atoms. The highest BCUT2D eigenvalue weighted by Gasteiger charge is 2.21. The number of hydrogen-bond acceptors (Lipinski definition) is 7. The van der Waals surface area contributed by atoms with Crippen LogP contribution >= 0.6 is 0 Å². The van der Waals surface area contributed by atoms with Crippen molar-refractivity contribution in [1.29, 1.82) is 0 Å². The highest BCUT2D eigenvalue weighted by molar-refractivity contribution is 7.79. The van der Waals surface area contributed by atoms with Crippen LogP contribution in [0.2, 0.25) is 0 Å². The highest BCUT2D eigenvalue weighted by atomic mass is 32.2. The monoisotopic (exact) mass is 490 g/mol. The molecule has 0 fully saturated rings. The number of ether oxygens (including phenoxy) is 2. The zero-order valence-corrected chi connectivity index (χ0v) is 19.9. The third kappa shape index (κ3) is 4.35. The number of rotatable bonds is 7. The zero-order chi connectivity index (χ0) is 24.4. The highest BCUT2D eigenvalue weighted by Crippen LogP contribution is 2.29. The number of para-hydroxylation sites is 1. The van der Waals surface area contributed by atoms with Gasteiger partial charge in [-0.05, 0) is 40.9 Å². The molecule has 10 heteroatoms. The van der Waals surface area contributed by atoms with Gasteiger partial charge in [0, 0.05) is 5.56 Å². The summed E-state index contributed by atoms with van der Waals surface area (Å²) in [7, 11) is 1.36. The van der Waals surface area contributed by atoms with Crippen molar-refractivity contribution in [3.63, 3.8) is 0 Å². The Morgan fingerprint density at radius 3 is 2.51 bits per heavy atom. The van der Waals surface area contributed by atoms with E-state index in [4.69, 9.17) is 13.8 Å². The number of carbonyl (C=O) groups excluding carboxylic acids is 1. The van der Waals surface area contributed by atoms with E-state index in [0.717, 1.165) is 22.3 Å². The van der Waals surface area contributed by atoms with E-state index in [1.165, 1.54) is 7.11 Å². The molecule has 0 bridgehead atoms. The molecule has 1 atom stereocenters. The molecule has 1 aliphatic heterocycles. The van der Waals surface area contributed by atoms with Gasteiger partial charge in [-0.2, -0.15) is 9.19 Å². The van der Waals surface area contributed by atoms with Gasteiger partial charge in [-0.1, -0.05) is 54.6 Å². The number of methoxy groups -OCH3 is 1. The van der Waals surface area contributed by atoms with Crippen molar-refractivity contribution in [1.82, 2.24) is 14.3 Å². The average Bonchev–Trinajstić information content (AvgIpc) is 3.47. The molecular formula is C25H22N4O5S. The van der Waals surface area contributed by atoms with Crippen LogP contribution in [0, 0.1) is 0 Å². The second kappa shape index (κ2) is 9.59. The fourth-order valence-corrected chi connectivity index (χ4v) is 4.51. The van der Waals surface area contributed by atoms with Crippen LogP contribution in [0.1, 0.15) is 28.4 Å². The molecule has 1 unspecified atom stereocenters. The van der Waals surface area contributed by atoms with Crippen molar-refractivity contribution in [2.45, 2.75) is 13.5 Å². The van der Waals surface area contributed by atoms with E-state index < -0.39 is 17.2 Å². The third-order valence-electron chi connectivity index (χ3n) is 5.57. The number of esters is 1. The molecule has 0 saturated carbocycles. The van der Waals surface area contributed by atoms with E-state index in [1.807, 2.05) is 66.1 Å². The number of nitrogens with zero attached hydrogens (tertiary/aromatic N) is 3. The lowest BCUT2D eigenvalue weighted by molar-refractivity contribution is 0.0602. The number of amidine groups is 1. The Bertz CT molecular complexity index is 1460. The molecule has 3 aromatic carbocycles. The summed E-state index contributed by atoms with van der Waals surface area (Å²) < 4.78 is 31.7. The molecular weight excluding hydrogens is 468 g/mol. The van der Waals surface area contributed by atoms with Crippen molar-refractivity contribution in [2.75, 3.05) is 13.7 Å². The Hall–Kier alpha value is -4.18. The minimum atomic E-state index is -1.67. The number of imidazole rings is 1. The molecule has 0 radical (unpaired) electrons. The molecule has 4 aromatic rings. The molecule has 35 heavy (non-hydrogen) atoms. The lowest BCUT2D eigenvalue weighted by Crippen LogP contribution is -2.20. The maximum atomic E-state index is 12.4. The van der Waals surface area contributed by atoms with Crippen molar-refractivity contribution >= 4 is 34.1 Å². The minimum absolute atomic E-state index is 0.421. The van der Waals surface area contributed by atoms with Gasteiger partial charge in [0.05, 0.1) is 36.9 Å². The van der Waals surface area contributed by atoms with Crippen molar-refractivity contribution in [2.24, 2.45) is 5.16 Å². The number of hydrogen-bond donors (Lipinski definition) is 1.